The molecule has 9 nitrogen and oxygen atoms in total. The van der Waals surface area contributed by atoms with Crippen molar-refractivity contribution in [1.82, 2.24) is 9.91 Å². The van der Waals surface area contributed by atoms with Gasteiger partial charge < -0.3 is 8.83 Å². The first-order valence-electron chi connectivity index (χ1n) is 10.2. The van der Waals surface area contributed by atoms with Crippen molar-refractivity contribution in [2.75, 3.05) is 11.4 Å². The Morgan fingerprint density at radius 2 is 1.78 bits per heavy atom. The number of anilines is 1. The van der Waals surface area contributed by atoms with Crippen molar-refractivity contribution in [2.24, 2.45) is 5.10 Å². The number of amides is 4. The Balaban J connectivity index is 1.40. The van der Waals surface area contributed by atoms with Crippen molar-refractivity contribution in [3.8, 4) is 0 Å². The molecule has 4 heterocycles. The number of hydrazone groups is 1. The van der Waals surface area contributed by atoms with Crippen LogP contribution in [0.15, 0.2) is 81.1 Å². The fourth-order valence-electron chi connectivity index (χ4n) is 4.04. The van der Waals surface area contributed by atoms with Crippen LogP contribution >= 0.6 is 0 Å². The van der Waals surface area contributed by atoms with Crippen LogP contribution in [0.3, 0.4) is 0 Å². The maximum absolute atomic E-state index is 13.2. The summed E-state index contributed by atoms with van der Waals surface area (Å²) in [6, 6.07) is 14.2. The fraction of sp³-hybridized carbons (Fsp3) is 0.217. The molecule has 2 aliphatic heterocycles. The Kier molecular flexibility index (Phi) is 4.85. The van der Waals surface area contributed by atoms with Gasteiger partial charge >= 0.3 is 6.03 Å². The predicted octanol–water partition coefficient (Wildman–Crippen LogP) is 3.41. The molecule has 2 aromatic heterocycles. The quantitative estimate of drug-likeness (QED) is 0.576. The lowest BCUT2D eigenvalue weighted by Gasteiger charge is -2.22. The van der Waals surface area contributed by atoms with Crippen molar-refractivity contribution in [2.45, 2.75) is 25.4 Å². The van der Waals surface area contributed by atoms with Crippen LogP contribution in [0.5, 0.6) is 0 Å². The van der Waals surface area contributed by atoms with E-state index in [0.717, 1.165) is 4.90 Å². The van der Waals surface area contributed by atoms with Gasteiger partial charge in [0.2, 0.25) is 0 Å². The van der Waals surface area contributed by atoms with Crippen LogP contribution in [-0.4, -0.2) is 46.1 Å². The van der Waals surface area contributed by atoms with Crippen LogP contribution in [0.2, 0.25) is 0 Å². The lowest BCUT2D eigenvalue weighted by Crippen LogP contribution is -2.42. The second-order valence-electron chi connectivity index (χ2n) is 7.59. The predicted molar refractivity (Wildman–Crippen MR) is 114 cm³/mol. The number of carbonyl (C=O) groups excluding carboxylic acids is 3. The van der Waals surface area contributed by atoms with E-state index in [4.69, 9.17) is 8.83 Å². The van der Waals surface area contributed by atoms with Gasteiger partial charge in [-0.3, -0.25) is 19.4 Å². The Hall–Kier alpha value is -4.14. The highest BCUT2D eigenvalue weighted by atomic mass is 16.3. The lowest BCUT2D eigenvalue weighted by atomic mass is 10.1. The first kappa shape index (κ1) is 19.8. The fourth-order valence-corrected chi connectivity index (χ4v) is 4.04. The molecule has 9 heteroatoms. The summed E-state index contributed by atoms with van der Waals surface area (Å²) in [5, 5.41) is 5.71. The smallest absolute Gasteiger partial charge is 0.332 e. The van der Waals surface area contributed by atoms with Crippen LogP contribution in [-0.2, 0) is 9.59 Å². The average molecular weight is 432 g/mol. The summed E-state index contributed by atoms with van der Waals surface area (Å²) in [7, 11) is 0. The zero-order chi connectivity index (χ0) is 22.2. The Labute approximate surface area is 183 Å². The summed E-state index contributed by atoms with van der Waals surface area (Å²) in [5.74, 6) is 0.184. The molecule has 4 amide bonds. The highest BCUT2D eigenvalue weighted by molar-refractivity contribution is 6.15. The van der Waals surface area contributed by atoms with Gasteiger partial charge in [-0.05, 0) is 43.3 Å². The topological polar surface area (TPSA) is 99.6 Å². The molecule has 3 aromatic rings. The molecule has 1 fully saturated rings. The van der Waals surface area contributed by atoms with Gasteiger partial charge in [-0.2, -0.15) is 5.10 Å². The number of hydrogen-bond donors (Lipinski definition) is 0. The second kappa shape index (κ2) is 7.84. The number of rotatable bonds is 5. The molecule has 0 saturated carbocycles. The number of hydrogen-bond acceptors (Lipinski definition) is 6. The van der Waals surface area contributed by atoms with Crippen molar-refractivity contribution < 1.29 is 23.2 Å². The Morgan fingerprint density at radius 3 is 2.47 bits per heavy atom. The van der Waals surface area contributed by atoms with E-state index in [1.165, 1.54) is 22.4 Å². The highest BCUT2D eigenvalue weighted by Gasteiger charge is 2.45. The summed E-state index contributed by atoms with van der Waals surface area (Å²) >= 11 is 0. The van der Waals surface area contributed by atoms with Crippen molar-refractivity contribution in [3.05, 3.63) is 78.6 Å². The number of nitrogens with zero attached hydrogens (tertiary/aromatic N) is 4. The zero-order valence-corrected chi connectivity index (χ0v) is 17.2. The van der Waals surface area contributed by atoms with E-state index in [0.29, 0.717) is 29.3 Å². The van der Waals surface area contributed by atoms with E-state index in [-0.39, 0.29) is 0 Å². The molecule has 2 aliphatic rings. The van der Waals surface area contributed by atoms with Crippen molar-refractivity contribution in [1.29, 1.82) is 0 Å². The van der Waals surface area contributed by atoms with Gasteiger partial charge in [-0.25, -0.2) is 9.80 Å². The molecule has 0 unspecified atom stereocenters. The molecule has 0 bridgehead atoms. The number of imide groups is 1. The van der Waals surface area contributed by atoms with Gasteiger partial charge in [0.25, 0.3) is 11.8 Å². The maximum Gasteiger partial charge on any atom is 0.332 e. The van der Waals surface area contributed by atoms with E-state index in [1.54, 1.807) is 55.5 Å². The highest BCUT2D eigenvalue weighted by Crippen LogP contribution is 2.34. The SMILES string of the molecule is C[C@H]1C(=O)N(CC(=O)N2N=C(c3ccco3)C[C@@H]2c2ccco2)C(=O)N1c1ccccc1. The normalized spacial score (nSPS) is 20.9. The summed E-state index contributed by atoms with van der Waals surface area (Å²) in [5.41, 5.74) is 1.18. The van der Waals surface area contributed by atoms with Crippen LogP contribution in [0.25, 0.3) is 0 Å². The molecule has 0 N–H and O–H groups in total. The van der Waals surface area contributed by atoms with E-state index in [9.17, 15) is 14.4 Å². The van der Waals surface area contributed by atoms with Crippen LogP contribution < -0.4 is 4.90 Å². The summed E-state index contributed by atoms with van der Waals surface area (Å²) < 4.78 is 10.9. The molecular formula is C23H20N4O5. The lowest BCUT2D eigenvalue weighted by molar-refractivity contribution is -0.138. The van der Waals surface area contributed by atoms with Crippen molar-refractivity contribution in [3.63, 3.8) is 0 Å². The van der Waals surface area contributed by atoms with Crippen LogP contribution in [0, 0.1) is 0 Å². The standard InChI is InChI=1S/C23H20N4O5/c1-15-22(29)25(23(30)26(15)16-7-3-2-4-8-16)14-21(28)27-18(20-10-6-12-32-20)13-17(24-27)19-9-5-11-31-19/h2-12,15,18H,13-14H2,1H3/t15-,18+/m0/s1. The average Bonchev–Trinajstić information content (AvgIpc) is 3.59. The minimum atomic E-state index is -0.709. The third kappa shape index (κ3) is 3.27. The minimum Gasteiger partial charge on any atom is -0.467 e. The second-order valence-corrected chi connectivity index (χ2v) is 7.59. The molecule has 2 atom stereocenters. The maximum atomic E-state index is 13.2. The molecular weight excluding hydrogens is 412 g/mol. The largest absolute Gasteiger partial charge is 0.467 e. The number of urea groups is 1. The molecule has 1 saturated heterocycles. The Morgan fingerprint density at radius 1 is 1.03 bits per heavy atom. The molecule has 0 aliphatic carbocycles. The molecule has 162 valence electrons. The molecule has 1 aromatic carbocycles. The van der Waals surface area contributed by atoms with E-state index in [2.05, 4.69) is 5.10 Å². The van der Waals surface area contributed by atoms with Gasteiger partial charge in [0.1, 0.15) is 35.9 Å². The minimum absolute atomic E-state index is 0.390. The monoisotopic (exact) mass is 432 g/mol. The van der Waals surface area contributed by atoms with Crippen LogP contribution in [0.1, 0.15) is 30.9 Å². The summed E-state index contributed by atoms with van der Waals surface area (Å²) in [6.45, 7) is 1.23. The first-order valence-corrected chi connectivity index (χ1v) is 10.2. The number of para-hydroxylation sites is 1. The van der Waals surface area contributed by atoms with Gasteiger partial charge in [0, 0.05) is 12.1 Å². The molecule has 0 spiro atoms. The van der Waals surface area contributed by atoms with E-state index >= 15 is 0 Å². The molecule has 0 radical (unpaired) electrons. The van der Waals surface area contributed by atoms with Crippen LogP contribution in [0.4, 0.5) is 10.5 Å². The number of carbonyl (C=O) groups is 3. The van der Waals surface area contributed by atoms with Gasteiger partial charge in [-0.1, -0.05) is 18.2 Å². The molecule has 5 rings (SSSR count). The molecule has 32 heavy (non-hydrogen) atoms. The summed E-state index contributed by atoms with van der Waals surface area (Å²) in [6.07, 6.45) is 3.45. The third-order valence-corrected chi connectivity index (χ3v) is 5.62. The van der Waals surface area contributed by atoms with Gasteiger partial charge in [0.05, 0.1) is 12.5 Å². The number of benzene rings is 1. The summed E-state index contributed by atoms with van der Waals surface area (Å²) in [4.78, 5) is 41.5. The zero-order valence-electron chi connectivity index (χ0n) is 17.2. The van der Waals surface area contributed by atoms with Gasteiger partial charge in [-0.15, -0.1) is 0 Å². The third-order valence-electron chi connectivity index (χ3n) is 5.62. The van der Waals surface area contributed by atoms with Gasteiger partial charge in [0.15, 0.2) is 0 Å². The van der Waals surface area contributed by atoms with Crippen molar-refractivity contribution >= 4 is 29.2 Å². The van der Waals surface area contributed by atoms with E-state index in [1.807, 2.05) is 6.07 Å². The van der Waals surface area contributed by atoms with E-state index < -0.39 is 36.5 Å². The first-order chi connectivity index (χ1) is 15.5. The Bertz CT molecular complexity index is 1170. The number of furan rings is 2.